The van der Waals surface area contributed by atoms with Crippen molar-refractivity contribution in [3.63, 3.8) is 0 Å². The molecular weight excluding hydrogens is 190 g/mol. The zero-order chi connectivity index (χ0) is 9.59. The maximum atomic E-state index is 11.3. The molecule has 0 saturated heterocycles. The fourth-order valence-electron chi connectivity index (χ4n) is 1.42. The predicted molar refractivity (Wildman–Crippen MR) is 48.9 cm³/mol. The van der Waals surface area contributed by atoms with Gasteiger partial charge in [0, 0.05) is 18.3 Å². The first-order valence-electron chi connectivity index (χ1n) is 3.89. The summed E-state index contributed by atoms with van der Waals surface area (Å²) in [7, 11) is 1.69. The van der Waals surface area contributed by atoms with Crippen molar-refractivity contribution in [2.24, 2.45) is 0 Å². The quantitative estimate of drug-likeness (QED) is 0.582. The second-order valence-electron chi connectivity index (χ2n) is 3.01. The molecule has 1 aliphatic heterocycles. The average Bonchev–Trinajstić information content (AvgIpc) is 2.32. The number of anilines is 1. The van der Waals surface area contributed by atoms with Crippen LogP contribution in [0.1, 0.15) is 11.3 Å². The molecule has 0 unspecified atom stereocenters. The van der Waals surface area contributed by atoms with E-state index in [0.29, 0.717) is 12.2 Å². The Labute approximate surface area is 80.5 Å². The monoisotopic (exact) mass is 197 g/mol. The lowest BCUT2D eigenvalue weighted by molar-refractivity contribution is -0.117. The van der Waals surface area contributed by atoms with Crippen molar-refractivity contribution in [1.82, 2.24) is 9.97 Å². The van der Waals surface area contributed by atoms with Gasteiger partial charge in [0.05, 0.1) is 6.42 Å². The zero-order valence-electron chi connectivity index (χ0n) is 7.33. The summed E-state index contributed by atoms with van der Waals surface area (Å²) in [6, 6.07) is 0. The normalized spacial score (nSPS) is 15.0. The molecule has 1 aromatic rings. The molecule has 2 rings (SSSR count). The molecule has 0 spiro atoms. The first-order valence-corrected chi connectivity index (χ1v) is 4.27. The molecule has 0 fully saturated rings. The van der Waals surface area contributed by atoms with Gasteiger partial charge in [-0.2, -0.15) is 4.98 Å². The van der Waals surface area contributed by atoms with Gasteiger partial charge in [0.1, 0.15) is 5.82 Å². The molecule has 1 aromatic heterocycles. The van der Waals surface area contributed by atoms with E-state index in [-0.39, 0.29) is 11.2 Å². The number of fused-ring (bicyclic) bond motifs is 1. The molecule has 5 heteroatoms. The second-order valence-corrected chi connectivity index (χ2v) is 3.35. The van der Waals surface area contributed by atoms with Crippen LogP contribution in [0.25, 0.3) is 0 Å². The minimum Gasteiger partial charge on any atom is -0.299 e. The third kappa shape index (κ3) is 1.18. The Kier molecular flexibility index (Phi) is 1.73. The molecule has 0 aliphatic carbocycles. The van der Waals surface area contributed by atoms with Gasteiger partial charge in [0.2, 0.25) is 11.2 Å². The third-order valence-electron chi connectivity index (χ3n) is 2.18. The van der Waals surface area contributed by atoms with Gasteiger partial charge < -0.3 is 0 Å². The van der Waals surface area contributed by atoms with E-state index in [1.165, 1.54) is 4.90 Å². The molecule has 68 valence electrons. The van der Waals surface area contributed by atoms with E-state index in [1.54, 1.807) is 7.05 Å². The van der Waals surface area contributed by atoms with Crippen LogP contribution >= 0.6 is 11.6 Å². The number of rotatable bonds is 0. The summed E-state index contributed by atoms with van der Waals surface area (Å²) < 4.78 is 0. The van der Waals surface area contributed by atoms with Crippen molar-refractivity contribution >= 4 is 23.3 Å². The first-order chi connectivity index (χ1) is 6.09. The van der Waals surface area contributed by atoms with Crippen LogP contribution in [-0.2, 0) is 11.2 Å². The number of likely N-dealkylation sites (N-methyl/N-ethyl adjacent to an activating group) is 1. The molecule has 0 atom stereocenters. The number of amides is 1. The third-order valence-corrected chi connectivity index (χ3v) is 2.35. The van der Waals surface area contributed by atoms with Crippen LogP contribution in [0.4, 0.5) is 5.82 Å². The lowest BCUT2D eigenvalue weighted by Gasteiger charge is -2.08. The molecule has 0 N–H and O–H groups in total. The maximum Gasteiger partial charge on any atom is 0.232 e. The molecule has 0 radical (unpaired) electrons. The van der Waals surface area contributed by atoms with Crippen LogP contribution in [0.3, 0.4) is 0 Å². The van der Waals surface area contributed by atoms with Crippen LogP contribution in [-0.4, -0.2) is 22.9 Å². The number of hydrogen-bond acceptors (Lipinski definition) is 3. The topological polar surface area (TPSA) is 46.1 Å². The van der Waals surface area contributed by atoms with E-state index in [4.69, 9.17) is 11.6 Å². The number of carbonyl (C=O) groups is 1. The Morgan fingerprint density at radius 2 is 2.15 bits per heavy atom. The predicted octanol–water partition coefficient (Wildman–Crippen LogP) is 0.957. The van der Waals surface area contributed by atoms with Gasteiger partial charge in [-0.05, 0) is 18.5 Å². The molecule has 0 bridgehead atoms. The Bertz CT molecular complexity index is 391. The largest absolute Gasteiger partial charge is 0.299 e. The van der Waals surface area contributed by atoms with Crippen molar-refractivity contribution in [2.75, 3.05) is 11.9 Å². The Morgan fingerprint density at radius 1 is 1.46 bits per heavy atom. The second kappa shape index (κ2) is 2.67. The Morgan fingerprint density at radius 3 is 2.85 bits per heavy atom. The van der Waals surface area contributed by atoms with Crippen molar-refractivity contribution < 1.29 is 4.79 Å². The van der Waals surface area contributed by atoms with E-state index in [0.717, 1.165) is 11.3 Å². The van der Waals surface area contributed by atoms with E-state index >= 15 is 0 Å². The van der Waals surface area contributed by atoms with Crippen LogP contribution in [0.2, 0.25) is 5.28 Å². The molecule has 1 aliphatic rings. The molecule has 2 heterocycles. The number of halogens is 1. The van der Waals surface area contributed by atoms with Crippen LogP contribution in [0.5, 0.6) is 0 Å². The molecule has 0 aromatic carbocycles. The lowest BCUT2D eigenvalue weighted by atomic mass is 10.2. The first kappa shape index (κ1) is 8.44. The van der Waals surface area contributed by atoms with Crippen molar-refractivity contribution in [1.29, 1.82) is 0 Å². The molecular formula is C8H8ClN3O. The van der Waals surface area contributed by atoms with Crippen LogP contribution < -0.4 is 4.90 Å². The molecule has 13 heavy (non-hydrogen) atoms. The molecule has 1 amide bonds. The Hall–Kier alpha value is -1.16. The molecule has 4 nitrogen and oxygen atoms in total. The fraction of sp³-hybridized carbons (Fsp3) is 0.375. The highest BCUT2D eigenvalue weighted by atomic mass is 35.5. The standard InChI is InChI=1S/C8H8ClN3O/c1-4-5-3-6(13)12(2)7(5)11-8(9)10-4/h3H2,1-2H3. The summed E-state index contributed by atoms with van der Waals surface area (Å²) in [5.41, 5.74) is 1.67. The van der Waals surface area contributed by atoms with Crippen LogP contribution in [0, 0.1) is 6.92 Å². The van der Waals surface area contributed by atoms with Gasteiger partial charge >= 0.3 is 0 Å². The van der Waals surface area contributed by atoms with Gasteiger partial charge in [-0.15, -0.1) is 0 Å². The summed E-state index contributed by atoms with van der Waals surface area (Å²) >= 11 is 5.68. The van der Waals surface area contributed by atoms with Gasteiger partial charge in [-0.25, -0.2) is 4.98 Å². The smallest absolute Gasteiger partial charge is 0.232 e. The van der Waals surface area contributed by atoms with Gasteiger partial charge in [0.25, 0.3) is 0 Å². The zero-order valence-corrected chi connectivity index (χ0v) is 8.09. The van der Waals surface area contributed by atoms with Crippen molar-refractivity contribution in [3.05, 3.63) is 16.5 Å². The summed E-state index contributed by atoms with van der Waals surface area (Å²) in [4.78, 5) is 20.8. The SMILES string of the molecule is Cc1nc(Cl)nc2c1CC(=O)N2C. The highest BCUT2D eigenvalue weighted by molar-refractivity contribution is 6.28. The summed E-state index contributed by atoms with van der Waals surface area (Å²) in [6.45, 7) is 1.83. The van der Waals surface area contributed by atoms with E-state index in [9.17, 15) is 4.79 Å². The van der Waals surface area contributed by atoms with Gasteiger partial charge in [-0.3, -0.25) is 9.69 Å². The summed E-state index contributed by atoms with van der Waals surface area (Å²) in [5, 5.41) is 0.192. The fourth-order valence-corrected chi connectivity index (χ4v) is 1.63. The van der Waals surface area contributed by atoms with E-state index in [2.05, 4.69) is 9.97 Å². The number of carbonyl (C=O) groups excluding carboxylic acids is 1. The summed E-state index contributed by atoms with van der Waals surface area (Å²) in [6.07, 6.45) is 0.384. The number of aryl methyl sites for hydroxylation is 1. The maximum absolute atomic E-state index is 11.3. The molecule has 0 saturated carbocycles. The minimum atomic E-state index is 0.0367. The van der Waals surface area contributed by atoms with Crippen LogP contribution in [0.15, 0.2) is 0 Å². The average molecular weight is 198 g/mol. The van der Waals surface area contributed by atoms with Gasteiger partial charge in [-0.1, -0.05) is 0 Å². The van der Waals surface area contributed by atoms with E-state index in [1.807, 2.05) is 6.92 Å². The number of nitrogens with zero attached hydrogens (tertiary/aromatic N) is 3. The highest BCUT2D eigenvalue weighted by Gasteiger charge is 2.27. The highest BCUT2D eigenvalue weighted by Crippen LogP contribution is 2.27. The Balaban J connectivity index is 2.63. The number of aromatic nitrogens is 2. The number of hydrogen-bond donors (Lipinski definition) is 0. The van der Waals surface area contributed by atoms with Crippen molar-refractivity contribution in [3.8, 4) is 0 Å². The minimum absolute atomic E-state index is 0.0367. The van der Waals surface area contributed by atoms with Crippen molar-refractivity contribution in [2.45, 2.75) is 13.3 Å². The lowest BCUT2D eigenvalue weighted by Crippen LogP contribution is -2.21. The van der Waals surface area contributed by atoms with Gasteiger partial charge in [0.15, 0.2) is 0 Å². The van der Waals surface area contributed by atoms with E-state index < -0.39 is 0 Å². The summed E-state index contributed by atoms with van der Waals surface area (Å²) in [5.74, 6) is 0.678.